The molecule has 2 aliphatic rings. The average Bonchev–Trinajstić information content (AvgIpc) is 4.06. The molecule has 15 rings (SSSR count). The molecule has 13 aromatic rings. The predicted octanol–water partition coefficient (Wildman–Crippen LogP) is 18.7. The van der Waals surface area contributed by atoms with Crippen molar-refractivity contribution in [1.29, 1.82) is 0 Å². The van der Waals surface area contributed by atoms with Crippen LogP contribution in [0.15, 0.2) is 249 Å². The minimum absolute atomic E-state index is 0.447. The van der Waals surface area contributed by atoms with Crippen LogP contribution < -0.4 is 4.90 Å². The number of thiophene rings is 1. The van der Waals surface area contributed by atoms with Gasteiger partial charge < -0.3 is 4.90 Å². The van der Waals surface area contributed by atoms with Crippen molar-refractivity contribution in [2.24, 2.45) is 0 Å². The first-order valence-electron chi connectivity index (χ1n) is 23.9. The SMILES string of the molecule is c1ccc2c(c1)-c1ccccc1C21c2ccccc2-c2ccc(N(c3ccc(-c4ccc(-c5cccc6c5sc5ccccc56)cc4)cc3)c3ccc4c5ccccc5c5ccccc5c4c3)cc21. The minimum atomic E-state index is -0.447. The van der Waals surface area contributed by atoms with E-state index in [2.05, 4.69) is 254 Å². The summed E-state index contributed by atoms with van der Waals surface area (Å²) in [6, 6.07) is 93.1. The minimum Gasteiger partial charge on any atom is -0.310 e. The van der Waals surface area contributed by atoms with E-state index in [9.17, 15) is 0 Å². The van der Waals surface area contributed by atoms with Gasteiger partial charge in [-0.3, -0.25) is 0 Å². The van der Waals surface area contributed by atoms with E-state index >= 15 is 0 Å². The third-order valence-corrected chi connectivity index (χ3v) is 16.5. The molecule has 0 radical (unpaired) electrons. The van der Waals surface area contributed by atoms with Gasteiger partial charge in [0.15, 0.2) is 0 Å². The molecule has 0 saturated heterocycles. The molecule has 0 amide bonds. The molecular weight excluding hydrogens is 851 g/mol. The summed E-state index contributed by atoms with van der Waals surface area (Å²) in [5.74, 6) is 0. The molecule has 69 heavy (non-hydrogen) atoms. The van der Waals surface area contributed by atoms with Crippen LogP contribution in [0.1, 0.15) is 22.3 Å². The van der Waals surface area contributed by atoms with Crippen molar-refractivity contribution in [2.75, 3.05) is 4.90 Å². The molecule has 0 N–H and O–H groups in total. The highest BCUT2D eigenvalue weighted by Gasteiger charge is 2.51. The van der Waals surface area contributed by atoms with Crippen molar-refractivity contribution in [1.82, 2.24) is 0 Å². The third-order valence-electron chi connectivity index (χ3n) is 15.3. The fourth-order valence-electron chi connectivity index (χ4n) is 12.3. The van der Waals surface area contributed by atoms with Crippen LogP contribution in [0.25, 0.3) is 97.0 Å². The Hall–Kier alpha value is -8.56. The summed E-state index contributed by atoms with van der Waals surface area (Å²) in [4.78, 5) is 2.48. The molecule has 0 fully saturated rings. The molecule has 1 spiro atoms. The highest BCUT2D eigenvalue weighted by Crippen LogP contribution is 2.63. The van der Waals surface area contributed by atoms with E-state index in [4.69, 9.17) is 0 Å². The molecule has 1 heterocycles. The smallest absolute Gasteiger partial charge is 0.0726 e. The lowest BCUT2D eigenvalue weighted by atomic mass is 9.70. The largest absolute Gasteiger partial charge is 0.310 e. The summed E-state index contributed by atoms with van der Waals surface area (Å²) in [5.41, 5.74) is 18.4. The van der Waals surface area contributed by atoms with Gasteiger partial charge in [-0.05, 0) is 142 Å². The zero-order chi connectivity index (χ0) is 45.2. The first kappa shape index (κ1) is 38.5. The molecule has 0 unspecified atom stereocenters. The molecule has 2 aliphatic carbocycles. The first-order valence-corrected chi connectivity index (χ1v) is 24.7. The van der Waals surface area contributed by atoms with Crippen molar-refractivity contribution < 1.29 is 0 Å². The number of anilines is 3. The Morgan fingerprint density at radius 1 is 0.261 bits per heavy atom. The zero-order valence-electron chi connectivity index (χ0n) is 37.5. The Morgan fingerprint density at radius 3 is 1.30 bits per heavy atom. The Kier molecular flexibility index (Phi) is 8.22. The van der Waals surface area contributed by atoms with Gasteiger partial charge in [0.25, 0.3) is 0 Å². The van der Waals surface area contributed by atoms with Crippen molar-refractivity contribution in [2.45, 2.75) is 5.41 Å². The normalized spacial score (nSPS) is 13.0. The summed E-state index contributed by atoms with van der Waals surface area (Å²) in [5, 5.41) is 10.3. The summed E-state index contributed by atoms with van der Waals surface area (Å²) < 4.78 is 2.67. The number of hydrogen-bond acceptors (Lipinski definition) is 2. The van der Waals surface area contributed by atoms with Crippen LogP contribution in [0, 0.1) is 0 Å². The van der Waals surface area contributed by atoms with Gasteiger partial charge in [0.05, 0.1) is 5.41 Å². The van der Waals surface area contributed by atoms with Gasteiger partial charge in [0, 0.05) is 37.2 Å². The monoisotopic (exact) mass is 891 g/mol. The number of benzene rings is 12. The second-order valence-electron chi connectivity index (χ2n) is 18.7. The predicted molar refractivity (Wildman–Crippen MR) is 294 cm³/mol. The second-order valence-corrected chi connectivity index (χ2v) is 19.7. The van der Waals surface area contributed by atoms with Crippen molar-refractivity contribution >= 4 is 80.9 Å². The fraction of sp³-hybridized carbons (Fsp3) is 0.0149. The molecule has 2 heteroatoms. The highest BCUT2D eigenvalue weighted by atomic mass is 32.1. The molecular formula is C67H41NS. The van der Waals surface area contributed by atoms with Gasteiger partial charge in [-0.25, -0.2) is 0 Å². The van der Waals surface area contributed by atoms with Gasteiger partial charge in [-0.2, -0.15) is 0 Å². The average molecular weight is 892 g/mol. The number of hydrogen-bond donors (Lipinski definition) is 0. The van der Waals surface area contributed by atoms with Gasteiger partial charge in [-0.1, -0.05) is 206 Å². The maximum atomic E-state index is 2.50. The first-order chi connectivity index (χ1) is 34.2. The Morgan fingerprint density at radius 2 is 0.681 bits per heavy atom. The lowest BCUT2D eigenvalue weighted by Crippen LogP contribution is -2.26. The number of nitrogens with zero attached hydrogens (tertiary/aromatic N) is 1. The maximum Gasteiger partial charge on any atom is 0.0726 e. The van der Waals surface area contributed by atoms with Crippen LogP contribution in [0.2, 0.25) is 0 Å². The van der Waals surface area contributed by atoms with Crippen LogP contribution in [0.5, 0.6) is 0 Å². The molecule has 0 bridgehead atoms. The zero-order valence-corrected chi connectivity index (χ0v) is 38.3. The van der Waals surface area contributed by atoms with Gasteiger partial charge in [-0.15, -0.1) is 11.3 Å². The van der Waals surface area contributed by atoms with Crippen molar-refractivity contribution in [3.05, 3.63) is 271 Å². The van der Waals surface area contributed by atoms with Crippen LogP contribution in [0.3, 0.4) is 0 Å². The van der Waals surface area contributed by atoms with E-state index in [0.29, 0.717) is 0 Å². The molecule has 0 saturated carbocycles. The van der Waals surface area contributed by atoms with Gasteiger partial charge in [0.1, 0.15) is 0 Å². The van der Waals surface area contributed by atoms with Gasteiger partial charge in [0.2, 0.25) is 0 Å². The summed E-state index contributed by atoms with van der Waals surface area (Å²) in [7, 11) is 0. The highest BCUT2D eigenvalue weighted by molar-refractivity contribution is 7.26. The maximum absolute atomic E-state index is 2.50. The lowest BCUT2D eigenvalue weighted by molar-refractivity contribution is 0.793. The van der Waals surface area contributed by atoms with Crippen molar-refractivity contribution in [3.8, 4) is 44.5 Å². The quantitative estimate of drug-likeness (QED) is 0.156. The molecule has 12 aromatic carbocycles. The number of fused-ring (bicyclic) bond motifs is 19. The van der Waals surface area contributed by atoms with Crippen molar-refractivity contribution in [3.63, 3.8) is 0 Å². The van der Waals surface area contributed by atoms with E-state index < -0.39 is 5.41 Å². The third kappa shape index (κ3) is 5.46. The van der Waals surface area contributed by atoms with Gasteiger partial charge >= 0.3 is 0 Å². The summed E-state index contributed by atoms with van der Waals surface area (Å²) in [6.45, 7) is 0. The Balaban J connectivity index is 0.903. The Labute approximate surface area is 404 Å². The van der Waals surface area contributed by atoms with E-state index in [-0.39, 0.29) is 0 Å². The van der Waals surface area contributed by atoms with Crippen LogP contribution in [0.4, 0.5) is 17.1 Å². The van der Waals surface area contributed by atoms with Crippen LogP contribution >= 0.6 is 11.3 Å². The molecule has 320 valence electrons. The lowest BCUT2D eigenvalue weighted by Gasteiger charge is -2.32. The topological polar surface area (TPSA) is 3.24 Å². The Bertz CT molecular complexity index is 4150. The summed E-state index contributed by atoms with van der Waals surface area (Å²) in [6.07, 6.45) is 0. The molecule has 1 nitrogen and oxygen atoms in total. The standard InChI is InChI=1S/C67H41NS/c1-2-16-51-49(14-1)50-15-3-4-17-52(50)60-40-46(36-38-53(51)60)68(45-34-32-43(33-35-45)42-28-30-44(31-29-42)48-22-13-23-59-58-21-8-12-27-65(58)69-66(48)59)47-37-39-57-56-20-7-11-26-63(56)67(64(57)41-47)61-24-9-5-18-54(61)55-19-6-10-25-62(55)67/h1-41H. The molecule has 0 atom stereocenters. The molecule has 0 aliphatic heterocycles. The van der Waals surface area contributed by atoms with E-state index in [1.165, 1.54) is 119 Å². The van der Waals surface area contributed by atoms with Crippen LogP contribution in [-0.2, 0) is 5.41 Å². The second kappa shape index (κ2) is 14.7. The van der Waals surface area contributed by atoms with E-state index in [1.807, 2.05) is 11.3 Å². The summed E-state index contributed by atoms with van der Waals surface area (Å²) >= 11 is 1.88. The fourth-order valence-corrected chi connectivity index (χ4v) is 13.6. The molecule has 1 aromatic heterocycles. The van der Waals surface area contributed by atoms with E-state index in [1.54, 1.807) is 0 Å². The number of rotatable bonds is 5. The van der Waals surface area contributed by atoms with E-state index in [0.717, 1.165) is 17.1 Å². The van der Waals surface area contributed by atoms with Crippen LogP contribution in [-0.4, -0.2) is 0 Å².